The monoisotopic (exact) mass is 232 g/mol. The first-order valence-corrected chi connectivity index (χ1v) is 6.45. The van der Waals surface area contributed by atoms with Gasteiger partial charge in [-0.15, -0.1) is 0 Å². The van der Waals surface area contributed by atoms with Gasteiger partial charge in [0, 0.05) is 25.6 Å². The molecule has 0 aliphatic carbocycles. The number of likely N-dealkylation sites (tertiary alicyclic amines) is 1. The zero-order valence-electron chi connectivity index (χ0n) is 10.4. The summed E-state index contributed by atoms with van der Waals surface area (Å²) in [5, 5.41) is 3.40. The van der Waals surface area contributed by atoms with Crippen molar-refractivity contribution in [1.29, 1.82) is 0 Å². The second-order valence-electron chi connectivity index (χ2n) is 5.26. The Hall–Kier alpha value is -1.06. The zero-order chi connectivity index (χ0) is 11.7. The quantitative estimate of drug-likeness (QED) is 0.849. The van der Waals surface area contributed by atoms with E-state index < -0.39 is 0 Å². The van der Waals surface area contributed by atoms with Crippen molar-refractivity contribution in [2.45, 2.75) is 13.0 Å². The van der Waals surface area contributed by atoms with E-state index in [-0.39, 0.29) is 0 Å². The fourth-order valence-corrected chi connectivity index (χ4v) is 2.69. The van der Waals surface area contributed by atoms with Gasteiger partial charge in [0.2, 0.25) is 0 Å². The Morgan fingerprint density at radius 1 is 1.35 bits per heavy atom. The summed E-state index contributed by atoms with van der Waals surface area (Å²) in [4.78, 5) is 2.32. The molecule has 92 valence electrons. The average Bonchev–Trinajstić information content (AvgIpc) is 2.33. The molecule has 2 aliphatic heterocycles. The minimum atomic E-state index is 0.717. The van der Waals surface area contributed by atoms with E-state index in [1.54, 1.807) is 0 Å². The lowest BCUT2D eigenvalue weighted by Crippen LogP contribution is -2.46. The van der Waals surface area contributed by atoms with Crippen LogP contribution in [0, 0.1) is 5.92 Å². The normalized spacial score (nSPS) is 20.8. The van der Waals surface area contributed by atoms with E-state index in [1.807, 2.05) is 0 Å². The molecule has 1 fully saturated rings. The summed E-state index contributed by atoms with van der Waals surface area (Å²) >= 11 is 0. The van der Waals surface area contributed by atoms with Crippen LogP contribution in [0.3, 0.4) is 0 Å². The summed E-state index contributed by atoms with van der Waals surface area (Å²) in [6.07, 6.45) is 1.14. The van der Waals surface area contributed by atoms with Crippen LogP contribution < -0.4 is 10.1 Å². The highest BCUT2D eigenvalue weighted by atomic mass is 16.5. The molecular weight excluding hydrogens is 212 g/mol. The Kier molecular flexibility index (Phi) is 3.04. The highest BCUT2D eigenvalue weighted by molar-refractivity contribution is 5.37. The number of hydrogen-bond acceptors (Lipinski definition) is 3. The van der Waals surface area contributed by atoms with Gasteiger partial charge in [-0.1, -0.05) is 6.07 Å². The van der Waals surface area contributed by atoms with Gasteiger partial charge in [-0.2, -0.15) is 0 Å². The number of nitrogens with zero attached hydrogens (tertiary/aromatic N) is 1. The number of rotatable bonds is 3. The molecule has 2 heterocycles. The van der Waals surface area contributed by atoms with E-state index in [1.165, 1.54) is 24.2 Å². The average molecular weight is 232 g/mol. The Morgan fingerprint density at radius 2 is 2.24 bits per heavy atom. The second-order valence-corrected chi connectivity index (χ2v) is 5.26. The van der Waals surface area contributed by atoms with E-state index >= 15 is 0 Å². The second kappa shape index (κ2) is 4.67. The van der Waals surface area contributed by atoms with E-state index in [9.17, 15) is 0 Å². The van der Waals surface area contributed by atoms with Gasteiger partial charge in [0.05, 0.1) is 6.61 Å². The molecule has 0 spiro atoms. The smallest absolute Gasteiger partial charge is 0.119 e. The summed E-state index contributed by atoms with van der Waals surface area (Å²) in [5.74, 6) is 1.75. The molecular formula is C14H20N2O. The Morgan fingerprint density at radius 3 is 3.06 bits per heavy atom. The van der Waals surface area contributed by atoms with Crippen molar-refractivity contribution < 1.29 is 4.74 Å². The largest absolute Gasteiger partial charge is 0.493 e. The predicted octanol–water partition coefficient (Wildman–Crippen LogP) is 1.27. The third-order valence-electron chi connectivity index (χ3n) is 3.69. The lowest BCUT2D eigenvalue weighted by atomic mass is 10.0. The summed E-state index contributed by atoms with van der Waals surface area (Å²) < 4.78 is 5.87. The van der Waals surface area contributed by atoms with Crippen LogP contribution in [0.5, 0.6) is 5.75 Å². The van der Waals surface area contributed by atoms with Crippen molar-refractivity contribution in [2.75, 3.05) is 33.3 Å². The molecule has 3 rings (SSSR count). The predicted molar refractivity (Wildman–Crippen MR) is 68.3 cm³/mol. The third-order valence-corrected chi connectivity index (χ3v) is 3.69. The molecule has 0 amide bonds. The standard InChI is InChI=1S/C14H20N2O/c1-16-8-11(9-16)10-17-14-3-2-12-4-5-15-7-13(12)6-14/h2-3,6,11,15H,4-5,7-10H2,1H3. The van der Waals surface area contributed by atoms with Crippen LogP contribution in [0.25, 0.3) is 0 Å². The third kappa shape index (κ3) is 2.45. The number of benzene rings is 1. The van der Waals surface area contributed by atoms with Gasteiger partial charge in [0.15, 0.2) is 0 Å². The highest BCUT2D eigenvalue weighted by Crippen LogP contribution is 2.22. The molecule has 0 saturated carbocycles. The van der Waals surface area contributed by atoms with Gasteiger partial charge in [-0.3, -0.25) is 0 Å². The Balaban J connectivity index is 1.59. The van der Waals surface area contributed by atoms with Crippen LogP contribution in [0.15, 0.2) is 18.2 Å². The van der Waals surface area contributed by atoms with Crippen molar-refractivity contribution in [3.8, 4) is 5.75 Å². The summed E-state index contributed by atoms with van der Waals surface area (Å²) in [7, 11) is 2.15. The van der Waals surface area contributed by atoms with E-state index in [0.29, 0.717) is 5.92 Å². The molecule has 0 radical (unpaired) electrons. The van der Waals surface area contributed by atoms with E-state index in [0.717, 1.165) is 31.9 Å². The molecule has 3 heteroatoms. The van der Waals surface area contributed by atoms with Gasteiger partial charge in [-0.05, 0) is 43.3 Å². The van der Waals surface area contributed by atoms with Crippen LogP contribution in [0.1, 0.15) is 11.1 Å². The number of nitrogens with one attached hydrogen (secondary N) is 1. The maximum atomic E-state index is 5.87. The molecule has 1 saturated heterocycles. The summed E-state index contributed by atoms with van der Waals surface area (Å²) in [6.45, 7) is 5.29. The molecule has 3 nitrogen and oxygen atoms in total. The van der Waals surface area contributed by atoms with Crippen LogP contribution in [0.4, 0.5) is 0 Å². The van der Waals surface area contributed by atoms with Gasteiger partial charge >= 0.3 is 0 Å². The van der Waals surface area contributed by atoms with E-state index in [4.69, 9.17) is 4.74 Å². The van der Waals surface area contributed by atoms with Crippen molar-refractivity contribution in [3.63, 3.8) is 0 Å². The number of hydrogen-bond donors (Lipinski definition) is 1. The van der Waals surface area contributed by atoms with Crippen LogP contribution in [-0.2, 0) is 13.0 Å². The van der Waals surface area contributed by atoms with E-state index in [2.05, 4.69) is 35.5 Å². The summed E-state index contributed by atoms with van der Waals surface area (Å²) in [5.41, 5.74) is 2.87. The van der Waals surface area contributed by atoms with Crippen LogP contribution in [0.2, 0.25) is 0 Å². The molecule has 1 N–H and O–H groups in total. The van der Waals surface area contributed by atoms with Crippen LogP contribution >= 0.6 is 0 Å². The lowest BCUT2D eigenvalue weighted by molar-refractivity contribution is 0.0857. The van der Waals surface area contributed by atoms with Crippen molar-refractivity contribution >= 4 is 0 Å². The first-order valence-electron chi connectivity index (χ1n) is 6.45. The SMILES string of the molecule is CN1CC(COc2ccc3c(c2)CNCC3)C1. The van der Waals surface area contributed by atoms with Gasteiger partial charge in [0.1, 0.15) is 5.75 Å². The van der Waals surface area contributed by atoms with Crippen molar-refractivity contribution in [2.24, 2.45) is 5.92 Å². The summed E-state index contributed by atoms with van der Waals surface area (Å²) in [6, 6.07) is 6.54. The first-order chi connectivity index (χ1) is 8.31. The molecule has 17 heavy (non-hydrogen) atoms. The van der Waals surface area contributed by atoms with Crippen molar-refractivity contribution in [1.82, 2.24) is 10.2 Å². The molecule has 1 aromatic carbocycles. The molecule has 0 aromatic heterocycles. The number of fused-ring (bicyclic) bond motifs is 1. The molecule has 2 aliphatic rings. The van der Waals surface area contributed by atoms with Crippen LogP contribution in [-0.4, -0.2) is 38.2 Å². The molecule has 1 aromatic rings. The molecule has 0 bridgehead atoms. The fraction of sp³-hybridized carbons (Fsp3) is 0.571. The first kappa shape index (κ1) is 11.1. The molecule has 0 atom stereocenters. The number of ether oxygens (including phenoxy) is 1. The highest BCUT2D eigenvalue weighted by Gasteiger charge is 2.23. The maximum Gasteiger partial charge on any atom is 0.119 e. The minimum Gasteiger partial charge on any atom is -0.493 e. The fourth-order valence-electron chi connectivity index (χ4n) is 2.69. The topological polar surface area (TPSA) is 24.5 Å². The Bertz CT molecular complexity index is 399. The Labute approximate surface area is 103 Å². The van der Waals surface area contributed by atoms with Gasteiger partial charge in [0.25, 0.3) is 0 Å². The minimum absolute atomic E-state index is 0.717. The zero-order valence-corrected chi connectivity index (χ0v) is 10.4. The van der Waals surface area contributed by atoms with Gasteiger partial charge in [-0.25, -0.2) is 0 Å². The lowest BCUT2D eigenvalue weighted by Gasteiger charge is -2.35. The maximum absolute atomic E-state index is 5.87. The van der Waals surface area contributed by atoms with Crippen molar-refractivity contribution in [3.05, 3.63) is 29.3 Å². The van der Waals surface area contributed by atoms with Gasteiger partial charge < -0.3 is 15.0 Å². The molecule has 0 unspecified atom stereocenters.